The van der Waals surface area contributed by atoms with Crippen LogP contribution in [-0.4, -0.2) is 25.6 Å². The molecule has 0 spiro atoms. The maximum atomic E-state index is 9.34. The molecule has 0 amide bonds. The molecule has 0 radical (unpaired) electrons. The largest absolute Gasteiger partial charge is 0.399 e. The summed E-state index contributed by atoms with van der Waals surface area (Å²) in [5.41, 5.74) is 9.14. The summed E-state index contributed by atoms with van der Waals surface area (Å²) in [6, 6.07) is 4.19. The highest BCUT2D eigenvalue weighted by atomic mass is 16.3. The predicted molar refractivity (Wildman–Crippen MR) is 80.8 cm³/mol. The summed E-state index contributed by atoms with van der Waals surface area (Å²) in [5.74, 6) is 6.59. The van der Waals surface area contributed by atoms with Gasteiger partial charge in [0.15, 0.2) is 0 Å². The number of pyridine rings is 1. The standard InChI is InChI=1S/C15H21N5O/c1-10(21)14(16)9-20(17)8-13-7-19-6-12(11-2-3-11)4-5-15(19)18-13/h4-7,9-11,21H,2-3,8,16-17H2,1H3/b14-9-. The lowest BCUT2D eigenvalue weighted by molar-refractivity contribution is 0.224. The number of fused-ring (bicyclic) bond motifs is 1. The molecule has 6 heteroatoms. The Hall–Kier alpha value is -2.05. The SMILES string of the molecule is CC(O)/C(N)=C/N(N)Cc1cn2cc(C3CC3)ccc2n1. The third-order valence-electron chi connectivity index (χ3n) is 3.71. The van der Waals surface area contributed by atoms with Crippen molar-refractivity contribution in [3.05, 3.63) is 47.7 Å². The normalized spacial score (nSPS) is 17.2. The molecule has 0 saturated heterocycles. The second-order valence-corrected chi connectivity index (χ2v) is 5.71. The van der Waals surface area contributed by atoms with E-state index in [4.69, 9.17) is 11.6 Å². The average molecular weight is 287 g/mol. The highest BCUT2D eigenvalue weighted by Gasteiger charge is 2.23. The molecule has 0 bridgehead atoms. The zero-order chi connectivity index (χ0) is 15.0. The second kappa shape index (κ2) is 5.38. The zero-order valence-corrected chi connectivity index (χ0v) is 12.1. The fourth-order valence-electron chi connectivity index (χ4n) is 2.33. The van der Waals surface area contributed by atoms with E-state index < -0.39 is 6.10 Å². The number of hydrogen-bond acceptors (Lipinski definition) is 5. The highest BCUT2D eigenvalue weighted by Crippen LogP contribution is 2.39. The summed E-state index contributed by atoms with van der Waals surface area (Å²) in [6.45, 7) is 2.04. The minimum atomic E-state index is -0.710. The number of hydrogen-bond donors (Lipinski definition) is 3. The lowest BCUT2D eigenvalue weighted by Crippen LogP contribution is -2.28. The Labute approximate surface area is 123 Å². The number of aromatic nitrogens is 2. The van der Waals surface area contributed by atoms with Gasteiger partial charge in [-0.15, -0.1) is 0 Å². The molecular formula is C15H21N5O. The van der Waals surface area contributed by atoms with Crippen LogP contribution in [0.15, 0.2) is 36.4 Å². The first-order valence-corrected chi connectivity index (χ1v) is 7.17. The van der Waals surface area contributed by atoms with Gasteiger partial charge in [0.1, 0.15) is 5.65 Å². The van der Waals surface area contributed by atoms with Crippen molar-refractivity contribution in [3.63, 3.8) is 0 Å². The summed E-state index contributed by atoms with van der Waals surface area (Å²) >= 11 is 0. The van der Waals surface area contributed by atoms with Crippen LogP contribution >= 0.6 is 0 Å². The molecule has 5 N–H and O–H groups in total. The number of aliphatic hydroxyl groups excluding tert-OH is 1. The Morgan fingerprint density at radius 3 is 2.95 bits per heavy atom. The second-order valence-electron chi connectivity index (χ2n) is 5.71. The van der Waals surface area contributed by atoms with E-state index in [9.17, 15) is 5.11 Å². The summed E-state index contributed by atoms with van der Waals surface area (Å²) in [4.78, 5) is 4.53. The fraction of sp³-hybridized carbons (Fsp3) is 0.400. The first-order chi connectivity index (χ1) is 10.0. The molecule has 6 nitrogen and oxygen atoms in total. The van der Waals surface area contributed by atoms with Crippen molar-refractivity contribution in [2.45, 2.75) is 38.3 Å². The topological polar surface area (TPSA) is 92.8 Å². The minimum Gasteiger partial charge on any atom is -0.399 e. The van der Waals surface area contributed by atoms with Gasteiger partial charge in [0.05, 0.1) is 24.0 Å². The zero-order valence-electron chi connectivity index (χ0n) is 12.1. The van der Waals surface area contributed by atoms with E-state index in [1.54, 1.807) is 6.92 Å². The smallest absolute Gasteiger partial charge is 0.137 e. The molecule has 2 heterocycles. The van der Waals surface area contributed by atoms with Crippen molar-refractivity contribution in [1.82, 2.24) is 14.4 Å². The van der Waals surface area contributed by atoms with Crippen LogP contribution in [0.2, 0.25) is 0 Å². The number of hydrazine groups is 1. The van der Waals surface area contributed by atoms with Gasteiger partial charge in [-0.3, -0.25) is 0 Å². The van der Waals surface area contributed by atoms with E-state index in [0.29, 0.717) is 12.2 Å². The van der Waals surface area contributed by atoms with Crippen molar-refractivity contribution in [3.8, 4) is 0 Å². The summed E-state index contributed by atoms with van der Waals surface area (Å²) in [7, 11) is 0. The molecule has 112 valence electrons. The number of rotatable bonds is 5. The van der Waals surface area contributed by atoms with Crippen LogP contribution in [0, 0.1) is 0 Å². The summed E-state index contributed by atoms with van der Waals surface area (Å²) < 4.78 is 2.04. The van der Waals surface area contributed by atoms with Crippen molar-refractivity contribution < 1.29 is 5.11 Å². The van der Waals surface area contributed by atoms with Crippen LogP contribution in [-0.2, 0) is 6.54 Å². The van der Waals surface area contributed by atoms with E-state index in [-0.39, 0.29) is 0 Å². The van der Waals surface area contributed by atoms with Crippen LogP contribution in [0.3, 0.4) is 0 Å². The quantitative estimate of drug-likeness (QED) is 0.565. The van der Waals surface area contributed by atoms with Gasteiger partial charge in [0, 0.05) is 18.6 Å². The highest BCUT2D eigenvalue weighted by molar-refractivity contribution is 5.42. The Morgan fingerprint density at radius 1 is 1.52 bits per heavy atom. The molecule has 3 rings (SSSR count). The van der Waals surface area contributed by atoms with Crippen LogP contribution in [0.1, 0.15) is 36.9 Å². The van der Waals surface area contributed by atoms with E-state index in [1.807, 2.05) is 16.7 Å². The predicted octanol–water partition coefficient (Wildman–Crippen LogP) is 1.07. The molecule has 0 aromatic carbocycles. The lowest BCUT2D eigenvalue weighted by atomic mass is 10.2. The molecule has 2 aromatic heterocycles. The van der Waals surface area contributed by atoms with Gasteiger partial charge in [-0.25, -0.2) is 10.8 Å². The van der Waals surface area contributed by atoms with Crippen molar-refractivity contribution in [1.29, 1.82) is 0 Å². The first kappa shape index (κ1) is 13.9. The molecule has 1 atom stereocenters. The molecule has 1 unspecified atom stereocenters. The minimum absolute atomic E-state index is 0.331. The van der Waals surface area contributed by atoms with Crippen molar-refractivity contribution in [2.24, 2.45) is 11.6 Å². The average Bonchev–Trinajstić information content (AvgIpc) is 3.19. The molecule has 1 fully saturated rings. The van der Waals surface area contributed by atoms with E-state index >= 15 is 0 Å². The van der Waals surface area contributed by atoms with Gasteiger partial charge in [-0.2, -0.15) is 0 Å². The number of aliphatic hydroxyl groups is 1. The van der Waals surface area contributed by atoms with Gasteiger partial charge < -0.3 is 20.2 Å². The van der Waals surface area contributed by atoms with E-state index in [2.05, 4.69) is 17.2 Å². The van der Waals surface area contributed by atoms with Crippen LogP contribution in [0.25, 0.3) is 5.65 Å². The molecule has 1 aliphatic carbocycles. The molecule has 1 aliphatic rings. The molecule has 0 aliphatic heterocycles. The Kier molecular flexibility index (Phi) is 3.57. The maximum Gasteiger partial charge on any atom is 0.137 e. The van der Waals surface area contributed by atoms with Gasteiger partial charge in [0.25, 0.3) is 0 Å². The van der Waals surface area contributed by atoms with E-state index in [1.165, 1.54) is 29.6 Å². The Bertz CT molecular complexity index is 672. The monoisotopic (exact) mass is 287 g/mol. The van der Waals surface area contributed by atoms with Gasteiger partial charge >= 0.3 is 0 Å². The molecule has 21 heavy (non-hydrogen) atoms. The number of nitrogens with two attached hydrogens (primary N) is 2. The Morgan fingerprint density at radius 2 is 2.29 bits per heavy atom. The summed E-state index contributed by atoms with van der Waals surface area (Å²) in [6.07, 6.45) is 7.51. The van der Waals surface area contributed by atoms with Crippen LogP contribution in [0.4, 0.5) is 0 Å². The molecule has 1 saturated carbocycles. The summed E-state index contributed by atoms with van der Waals surface area (Å²) in [5, 5.41) is 10.8. The van der Waals surface area contributed by atoms with Gasteiger partial charge in [0.2, 0.25) is 0 Å². The van der Waals surface area contributed by atoms with E-state index in [0.717, 1.165) is 17.3 Å². The molecular weight excluding hydrogens is 266 g/mol. The maximum absolute atomic E-state index is 9.34. The number of nitrogens with zero attached hydrogens (tertiary/aromatic N) is 3. The number of imidazole rings is 1. The Balaban J connectivity index is 1.76. The third-order valence-corrected chi connectivity index (χ3v) is 3.71. The molecule has 2 aromatic rings. The third kappa shape index (κ3) is 3.17. The lowest BCUT2D eigenvalue weighted by Gasteiger charge is -2.14. The first-order valence-electron chi connectivity index (χ1n) is 7.17. The van der Waals surface area contributed by atoms with Crippen LogP contribution < -0.4 is 11.6 Å². The van der Waals surface area contributed by atoms with Gasteiger partial charge in [-0.1, -0.05) is 6.07 Å². The van der Waals surface area contributed by atoms with Gasteiger partial charge in [-0.05, 0) is 37.3 Å². The fourth-order valence-corrected chi connectivity index (χ4v) is 2.33. The van der Waals surface area contributed by atoms with Crippen molar-refractivity contribution in [2.75, 3.05) is 0 Å². The van der Waals surface area contributed by atoms with Crippen LogP contribution in [0.5, 0.6) is 0 Å². The van der Waals surface area contributed by atoms with Crippen molar-refractivity contribution >= 4 is 5.65 Å².